The van der Waals surface area contributed by atoms with Crippen molar-refractivity contribution in [1.29, 1.82) is 0 Å². The van der Waals surface area contributed by atoms with E-state index in [1.165, 1.54) is 23.5 Å². The molecule has 0 radical (unpaired) electrons. The Balaban J connectivity index is 2.22. The van der Waals surface area contributed by atoms with Crippen LogP contribution in [0.4, 0.5) is 4.39 Å². The number of carbonyl (C=O) groups excluding carboxylic acids is 1. The van der Waals surface area contributed by atoms with E-state index in [0.717, 1.165) is 21.8 Å². The molecule has 0 saturated heterocycles. The lowest BCUT2D eigenvalue weighted by Gasteiger charge is -2.14. The molecule has 0 atom stereocenters. The zero-order chi connectivity index (χ0) is 13.1. The van der Waals surface area contributed by atoms with E-state index in [4.69, 9.17) is 0 Å². The van der Waals surface area contributed by atoms with Gasteiger partial charge in [-0.1, -0.05) is 22.0 Å². The lowest BCUT2D eigenvalue weighted by atomic mass is 10.2. The summed E-state index contributed by atoms with van der Waals surface area (Å²) >= 11 is 4.68. The van der Waals surface area contributed by atoms with Crippen LogP contribution >= 0.6 is 27.3 Å². The number of carbonyl (C=O) groups is 1. The zero-order valence-electron chi connectivity index (χ0n) is 9.95. The van der Waals surface area contributed by atoms with E-state index in [0.29, 0.717) is 11.4 Å². The van der Waals surface area contributed by atoms with Gasteiger partial charge in [0.15, 0.2) is 0 Å². The van der Waals surface area contributed by atoms with Gasteiger partial charge < -0.3 is 4.90 Å². The molecule has 96 valence electrons. The summed E-state index contributed by atoms with van der Waals surface area (Å²) in [6.45, 7) is 0.715. The summed E-state index contributed by atoms with van der Waals surface area (Å²) in [5, 5.41) is 1.79. The van der Waals surface area contributed by atoms with Crippen LogP contribution in [0.15, 0.2) is 24.3 Å². The largest absolute Gasteiger partial charge is 0.341 e. The fourth-order valence-corrected chi connectivity index (χ4v) is 3.03. The highest BCUT2D eigenvalue weighted by atomic mass is 79.9. The first-order valence-electron chi connectivity index (χ1n) is 5.62. The van der Waals surface area contributed by atoms with E-state index in [1.54, 1.807) is 18.0 Å². The minimum atomic E-state index is -0.268. The number of nitrogens with zero attached hydrogens (tertiary/aromatic N) is 1. The van der Waals surface area contributed by atoms with Gasteiger partial charge in [0.05, 0.1) is 4.88 Å². The van der Waals surface area contributed by atoms with E-state index < -0.39 is 0 Å². The van der Waals surface area contributed by atoms with E-state index in [-0.39, 0.29) is 11.7 Å². The smallest absolute Gasteiger partial charge is 0.263 e. The van der Waals surface area contributed by atoms with Crippen molar-refractivity contribution < 1.29 is 9.18 Å². The van der Waals surface area contributed by atoms with Crippen LogP contribution in [0.5, 0.6) is 0 Å². The number of alkyl halides is 1. The summed E-state index contributed by atoms with van der Waals surface area (Å²) in [4.78, 5) is 14.5. The van der Waals surface area contributed by atoms with Gasteiger partial charge in [0, 0.05) is 23.6 Å². The summed E-state index contributed by atoms with van der Waals surface area (Å²) in [5.74, 6) is -0.270. The van der Waals surface area contributed by atoms with Crippen LogP contribution in [0.25, 0.3) is 10.1 Å². The molecule has 0 unspecified atom stereocenters. The molecule has 0 saturated carbocycles. The Morgan fingerprint density at radius 3 is 2.94 bits per heavy atom. The molecule has 0 aliphatic rings. The Bertz CT molecular complexity index is 569. The number of benzene rings is 1. The molecule has 5 heteroatoms. The van der Waals surface area contributed by atoms with Crippen LogP contribution in [0.1, 0.15) is 16.1 Å². The highest BCUT2D eigenvalue weighted by Crippen LogP contribution is 2.27. The van der Waals surface area contributed by atoms with Crippen molar-refractivity contribution in [3.8, 4) is 0 Å². The molecule has 1 aromatic carbocycles. The van der Waals surface area contributed by atoms with Crippen LogP contribution in [-0.4, -0.2) is 29.7 Å². The van der Waals surface area contributed by atoms with Gasteiger partial charge in [0.1, 0.15) is 5.82 Å². The lowest BCUT2D eigenvalue weighted by molar-refractivity contribution is 0.0800. The van der Waals surface area contributed by atoms with Crippen molar-refractivity contribution in [2.75, 3.05) is 18.9 Å². The molecule has 2 nitrogen and oxygen atoms in total. The van der Waals surface area contributed by atoms with Crippen molar-refractivity contribution >= 4 is 43.3 Å². The minimum Gasteiger partial charge on any atom is -0.341 e. The second kappa shape index (κ2) is 5.80. The van der Waals surface area contributed by atoms with Gasteiger partial charge in [0.2, 0.25) is 0 Å². The summed E-state index contributed by atoms with van der Waals surface area (Å²) in [6.07, 6.45) is 0.918. The Morgan fingerprint density at radius 1 is 1.44 bits per heavy atom. The van der Waals surface area contributed by atoms with Crippen LogP contribution < -0.4 is 0 Å². The first-order chi connectivity index (χ1) is 8.61. The van der Waals surface area contributed by atoms with Crippen LogP contribution in [0.2, 0.25) is 0 Å². The standard InChI is InChI=1S/C13H13BrFNOS/c1-16(6-2-5-14)13(17)12-7-9-3-4-10(15)8-11(9)18-12/h3-4,7-8H,2,5-6H2,1H3. The highest BCUT2D eigenvalue weighted by molar-refractivity contribution is 9.09. The summed E-state index contributed by atoms with van der Waals surface area (Å²) < 4.78 is 13.9. The topological polar surface area (TPSA) is 20.3 Å². The van der Waals surface area contributed by atoms with Gasteiger partial charge in [-0.3, -0.25) is 4.79 Å². The molecule has 2 rings (SSSR count). The summed E-state index contributed by atoms with van der Waals surface area (Å²) in [7, 11) is 1.79. The monoisotopic (exact) mass is 329 g/mol. The molecule has 1 amide bonds. The first-order valence-corrected chi connectivity index (χ1v) is 7.56. The normalized spacial score (nSPS) is 10.8. The average molecular weight is 330 g/mol. The van der Waals surface area contributed by atoms with E-state index in [9.17, 15) is 9.18 Å². The molecule has 0 spiro atoms. The lowest BCUT2D eigenvalue weighted by Crippen LogP contribution is -2.27. The predicted octanol–water partition coefficient (Wildman–Crippen LogP) is 3.90. The molecular formula is C13H13BrFNOS. The van der Waals surface area contributed by atoms with Crippen molar-refractivity contribution in [2.45, 2.75) is 6.42 Å². The number of rotatable bonds is 4. The molecule has 1 heterocycles. The SMILES string of the molecule is CN(CCCBr)C(=O)c1cc2ccc(F)cc2s1. The van der Waals surface area contributed by atoms with Gasteiger partial charge in [-0.2, -0.15) is 0 Å². The number of hydrogen-bond donors (Lipinski definition) is 0. The number of fused-ring (bicyclic) bond motifs is 1. The summed E-state index contributed by atoms with van der Waals surface area (Å²) in [5.41, 5.74) is 0. The first kappa shape index (κ1) is 13.5. The molecule has 2 aromatic rings. The molecular weight excluding hydrogens is 317 g/mol. The van der Waals surface area contributed by atoms with E-state index in [2.05, 4.69) is 15.9 Å². The Hall–Kier alpha value is -0.940. The molecule has 1 aromatic heterocycles. The Labute approximate surface area is 118 Å². The maximum Gasteiger partial charge on any atom is 0.263 e. The Kier molecular flexibility index (Phi) is 4.35. The van der Waals surface area contributed by atoms with Gasteiger partial charge in [-0.15, -0.1) is 11.3 Å². The second-order valence-electron chi connectivity index (χ2n) is 4.06. The molecule has 0 bridgehead atoms. The maximum absolute atomic E-state index is 13.1. The quantitative estimate of drug-likeness (QED) is 0.779. The van der Waals surface area contributed by atoms with Crippen molar-refractivity contribution in [3.05, 3.63) is 35.0 Å². The maximum atomic E-state index is 13.1. The fourth-order valence-electron chi connectivity index (χ4n) is 1.70. The van der Waals surface area contributed by atoms with Crippen LogP contribution in [0.3, 0.4) is 0 Å². The number of hydrogen-bond acceptors (Lipinski definition) is 2. The zero-order valence-corrected chi connectivity index (χ0v) is 12.4. The molecule has 0 N–H and O–H groups in total. The van der Waals surface area contributed by atoms with Crippen molar-refractivity contribution in [2.24, 2.45) is 0 Å². The van der Waals surface area contributed by atoms with Gasteiger partial charge >= 0.3 is 0 Å². The van der Waals surface area contributed by atoms with E-state index in [1.807, 2.05) is 6.07 Å². The minimum absolute atomic E-state index is 0.00226. The van der Waals surface area contributed by atoms with Crippen LogP contribution in [0, 0.1) is 5.82 Å². The number of thiophene rings is 1. The summed E-state index contributed by atoms with van der Waals surface area (Å²) in [6, 6.07) is 6.41. The number of amides is 1. The third-order valence-electron chi connectivity index (χ3n) is 2.67. The van der Waals surface area contributed by atoms with Crippen molar-refractivity contribution in [3.63, 3.8) is 0 Å². The molecule has 18 heavy (non-hydrogen) atoms. The highest BCUT2D eigenvalue weighted by Gasteiger charge is 2.14. The predicted molar refractivity (Wildman–Crippen MR) is 77.2 cm³/mol. The third-order valence-corrected chi connectivity index (χ3v) is 4.31. The van der Waals surface area contributed by atoms with Crippen LogP contribution in [-0.2, 0) is 0 Å². The van der Waals surface area contributed by atoms with Crippen molar-refractivity contribution in [1.82, 2.24) is 4.90 Å². The Morgan fingerprint density at radius 2 is 2.22 bits per heavy atom. The van der Waals surface area contributed by atoms with E-state index >= 15 is 0 Å². The van der Waals surface area contributed by atoms with Gasteiger partial charge in [-0.05, 0) is 30.0 Å². The third kappa shape index (κ3) is 2.90. The molecule has 0 aliphatic heterocycles. The second-order valence-corrected chi connectivity index (χ2v) is 5.94. The number of halogens is 2. The fraction of sp³-hybridized carbons (Fsp3) is 0.308. The average Bonchev–Trinajstić information content (AvgIpc) is 2.77. The van der Waals surface area contributed by atoms with Gasteiger partial charge in [-0.25, -0.2) is 4.39 Å². The molecule has 0 fully saturated rings. The van der Waals surface area contributed by atoms with Gasteiger partial charge in [0.25, 0.3) is 5.91 Å². The molecule has 0 aliphatic carbocycles.